The van der Waals surface area contributed by atoms with Crippen LogP contribution in [0.5, 0.6) is 5.75 Å². The number of hydrogen-bond donors (Lipinski definition) is 2. The van der Waals surface area contributed by atoms with Gasteiger partial charge in [0, 0.05) is 6.07 Å². The largest absolute Gasteiger partial charge is 0.506 e. The van der Waals surface area contributed by atoms with Crippen molar-refractivity contribution < 1.29 is 9.52 Å². The lowest BCUT2D eigenvalue weighted by Crippen LogP contribution is -1.97. The van der Waals surface area contributed by atoms with Crippen LogP contribution in [0.4, 0.5) is 0 Å². The van der Waals surface area contributed by atoms with Gasteiger partial charge in [0.2, 0.25) is 0 Å². The van der Waals surface area contributed by atoms with Crippen LogP contribution in [0, 0.1) is 0 Å². The van der Waals surface area contributed by atoms with Crippen molar-refractivity contribution in [1.29, 1.82) is 0 Å². The Labute approximate surface area is 56.3 Å². The Bertz CT molecular complexity index is 265. The summed E-state index contributed by atoms with van der Waals surface area (Å²) in [5.41, 5.74) is -0.627. The van der Waals surface area contributed by atoms with E-state index in [9.17, 15) is 4.79 Å². The Kier molecular flexibility index (Phi) is 1.48. The molecule has 1 aromatic heterocycles. The zero-order valence-electron chi connectivity index (χ0n) is 4.37. The van der Waals surface area contributed by atoms with E-state index in [1.165, 1.54) is 6.07 Å². The molecule has 0 saturated heterocycles. The molecule has 1 aromatic rings. The summed E-state index contributed by atoms with van der Waals surface area (Å²) in [6.45, 7) is 0. The summed E-state index contributed by atoms with van der Waals surface area (Å²) in [7, 11) is 0. The van der Waals surface area contributed by atoms with E-state index in [2.05, 4.69) is 17.0 Å². The van der Waals surface area contributed by atoms with Gasteiger partial charge in [-0.3, -0.25) is 0 Å². The molecule has 0 radical (unpaired) electrons. The van der Waals surface area contributed by atoms with Gasteiger partial charge in [-0.05, 0) is 0 Å². The van der Waals surface area contributed by atoms with Gasteiger partial charge in [-0.2, -0.15) is 0 Å². The molecule has 1 N–H and O–H groups in total. The second-order valence-electron chi connectivity index (χ2n) is 1.44. The highest BCUT2D eigenvalue weighted by Gasteiger charge is 1.99. The average Bonchev–Trinajstić information content (AvgIpc) is 1.83. The minimum atomic E-state index is -0.627. The first-order valence-electron chi connectivity index (χ1n) is 2.21. The van der Waals surface area contributed by atoms with Crippen molar-refractivity contribution in [3.63, 3.8) is 0 Å². The Balaban J connectivity index is 3.43. The van der Waals surface area contributed by atoms with Gasteiger partial charge < -0.3 is 9.52 Å². The van der Waals surface area contributed by atoms with Crippen molar-refractivity contribution in [3.05, 3.63) is 22.7 Å². The fourth-order valence-electron chi connectivity index (χ4n) is 0.400. The van der Waals surface area contributed by atoms with Crippen LogP contribution >= 0.6 is 12.6 Å². The van der Waals surface area contributed by atoms with E-state index in [-0.39, 0.29) is 10.6 Å². The summed E-state index contributed by atoms with van der Waals surface area (Å²) in [6.07, 6.45) is 1.11. The number of hydrogen-bond acceptors (Lipinski definition) is 4. The molecule has 0 saturated carbocycles. The molecule has 0 atom stereocenters. The van der Waals surface area contributed by atoms with Crippen molar-refractivity contribution in [3.8, 4) is 5.75 Å². The molecule has 4 heteroatoms. The zero-order valence-corrected chi connectivity index (χ0v) is 5.26. The van der Waals surface area contributed by atoms with Gasteiger partial charge in [-0.1, -0.05) is 0 Å². The Morgan fingerprint density at radius 1 is 1.67 bits per heavy atom. The second kappa shape index (κ2) is 2.14. The third-order valence-corrected chi connectivity index (χ3v) is 1.25. The topological polar surface area (TPSA) is 50.4 Å². The van der Waals surface area contributed by atoms with Crippen molar-refractivity contribution in [2.75, 3.05) is 0 Å². The van der Waals surface area contributed by atoms with Gasteiger partial charge in [0.15, 0.2) is 0 Å². The molecule has 3 nitrogen and oxygen atoms in total. The Morgan fingerprint density at radius 2 is 2.33 bits per heavy atom. The molecule has 0 aliphatic heterocycles. The van der Waals surface area contributed by atoms with Crippen LogP contribution in [0.25, 0.3) is 0 Å². The summed E-state index contributed by atoms with van der Waals surface area (Å²) in [4.78, 5) is 10.4. The number of aromatic hydroxyl groups is 1. The predicted molar refractivity (Wildman–Crippen MR) is 33.9 cm³/mol. The van der Waals surface area contributed by atoms with Crippen molar-refractivity contribution >= 4 is 12.6 Å². The normalized spacial score (nSPS) is 9.44. The number of rotatable bonds is 0. The first-order valence-corrected chi connectivity index (χ1v) is 2.66. The van der Waals surface area contributed by atoms with Crippen LogP contribution in [0.3, 0.4) is 0 Å². The molecule has 48 valence electrons. The maximum absolute atomic E-state index is 10.4. The van der Waals surface area contributed by atoms with E-state index >= 15 is 0 Å². The molecule has 1 rings (SSSR count). The third kappa shape index (κ3) is 1.08. The molecule has 9 heavy (non-hydrogen) atoms. The first kappa shape index (κ1) is 6.22. The van der Waals surface area contributed by atoms with Gasteiger partial charge in [-0.25, -0.2) is 4.79 Å². The van der Waals surface area contributed by atoms with E-state index in [1.807, 2.05) is 0 Å². The SMILES string of the molecule is O=c1occc(O)c1S. The molecule has 0 aliphatic carbocycles. The maximum Gasteiger partial charge on any atom is 0.352 e. The fourth-order valence-corrected chi connectivity index (χ4v) is 0.527. The molecule has 0 unspecified atom stereocenters. The van der Waals surface area contributed by atoms with Gasteiger partial charge in [0.05, 0.1) is 6.26 Å². The van der Waals surface area contributed by atoms with Crippen LogP contribution < -0.4 is 5.63 Å². The molecule has 0 spiro atoms. The van der Waals surface area contributed by atoms with Crippen LogP contribution in [-0.4, -0.2) is 5.11 Å². The van der Waals surface area contributed by atoms with Crippen LogP contribution in [-0.2, 0) is 0 Å². The summed E-state index contributed by atoms with van der Waals surface area (Å²) in [6, 6.07) is 1.25. The average molecular weight is 144 g/mol. The predicted octanol–water partition coefficient (Wildman–Crippen LogP) is 0.634. The van der Waals surface area contributed by atoms with E-state index in [0.29, 0.717) is 0 Å². The van der Waals surface area contributed by atoms with Crippen molar-refractivity contribution in [2.24, 2.45) is 0 Å². The van der Waals surface area contributed by atoms with Crippen molar-refractivity contribution in [1.82, 2.24) is 0 Å². The standard InChI is InChI=1S/C5H4O3S/c6-3-1-2-8-5(7)4(3)9/h1-2,6,9H. The highest BCUT2D eigenvalue weighted by atomic mass is 32.1. The molecule has 0 aromatic carbocycles. The van der Waals surface area contributed by atoms with Crippen LogP contribution in [0.2, 0.25) is 0 Å². The van der Waals surface area contributed by atoms with Crippen LogP contribution in [0.15, 0.2) is 26.4 Å². The minimum Gasteiger partial charge on any atom is -0.506 e. The minimum absolute atomic E-state index is 0.0579. The van der Waals surface area contributed by atoms with Crippen LogP contribution in [0.1, 0.15) is 0 Å². The Morgan fingerprint density at radius 3 is 2.78 bits per heavy atom. The van der Waals surface area contributed by atoms with Gasteiger partial charge in [-0.15, -0.1) is 12.6 Å². The summed E-state index contributed by atoms with van der Waals surface area (Å²) < 4.78 is 4.35. The third-order valence-electron chi connectivity index (χ3n) is 0.837. The lowest BCUT2D eigenvalue weighted by Gasteiger charge is -1.89. The molecule has 0 aliphatic rings. The van der Waals surface area contributed by atoms with Gasteiger partial charge in [0.1, 0.15) is 10.6 Å². The molecule has 0 bridgehead atoms. The van der Waals surface area contributed by atoms with E-state index < -0.39 is 5.63 Å². The summed E-state index contributed by atoms with van der Waals surface area (Å²) in [5, 5.41) is 8.76. The molecular weight excluding hydrogens is 140 g/mol. The molecule has 0 amide bonds. The van der Waals surface area contributed by atoms with Gasteiger partial charge >= 0.3 is 5.63 Å². The molecular formula is C5H4O3S. The molecule has 1 heterocycles. The maximum atomic E-state index is 10.4. The highest BCUT2D eigenvalue weighted by Crippen LogP contribution is 2.13. The van der Waals surface area contributed by atoms with E-state index in [4.69, 9.17) is 5.11 Å². The summed E-state index contributed by atoms with van der Waals surface area (Å²) >= 11 is 3.65. The second-order valence-corrected chi connectivity index (χ2v) is 1.89. The lowest BCUT2D eigenvalue weighted by molar-refractivity contribution is 0.425. The summed E-state index contributed by atoms with van der Waals surface area (Å²) in [5.74, 6) is -0.158. The van der Waals surface area contributed by atoms with E-state index in [1.54, 1.807) is 0 Å². The smallest absolute Gasteiger partial charge is 0.352 e. The monoisotopic (exact) mass is 144 g/mol. The quantitative estimate of drug-likeness (QED) is 0.525. The zero-order chi connectivity index (χ0) is 6.85. The number of thiol groups is 1. The first-order chi connectivity index (χ1) is 4.22. The lowest BCUT2D eigenvalue weighted by atomic mass is 10.5. The molecule has 0 fully saturated rings. The highest BCUT2D eigenvalue weighted by molar-refractivity contribution is 7.80. The van der Waals surface area contributed by atoms with Gasteiger partial charge in [0.25, 0.3) is 0 Å². The fraction of sp³-hybridized carbons (Fsp3) is 0. The van der Waals surface area contributed by atoms with Crippen molar-refractivity contribution in [2.45, 2.75) is 4.90 Å². The Hall–Kier alpha value is -0.900. The van der Waals surface area contributed by atoms with E-state index in [0.717, 1.165) is 6.26 Å².